The topological polar surface area (TPSA) is 26.0 Å². The van der Waals surface area contributed by atoms with Crippen LogP contribution in [0.2, 0.25) is 0 Å². The van der Waals surface area contributed by atoms with Gasteiger partial charge in [-0.05, 0) is 37.1 Å². The number of anilines is 1. The molecule has 1 heteroatoms. The molecule has 0 saturated heterocycles. The van der Waals surface area contributed by atoms with Crippen LogP contribution in [0.3, 0.4) is 0 Å². The van der Waals surface area contributed by atoms with E-state index in [1.165, 1.54) is 5.56 Å². The molecule has 0 aliphatic carbocycles. The van der Waals surface area contributed by atoms with E-state index in [1.54, 1.807) is 0 Å². The molecule has 1 radical (unpaired) electrons. The van der Waals surface area contributed by atoms with Gasteiger partial charge in [0.2, 0.25) is 0 Å². The molecule has 0 aromatic heterocycles. The van der Waals surface area contributed by atoms with Crippen LogP contribution >= 0.6 is 0 Å². The number of nitrogen functional groups attached to an aromatic ring is 1. The Morgan fingerprint density at radius 3 is 2.44 bits per heavy atom. The summed E-state index contributed by atoms with van der Waals surface area (Å²) in [6.45, 7) is 5.77. The van der Waals surface area contributed by atoms with Crippen LogP contribution in [0.4, 0.5) is 5.69 Å². The first-order valence-corrected chi connectivity index (χ1v) is 2.87. The molecule has 1 rings (SSSR count). The quantitative estimate of drug-likeness (QED) is 0.519. The Bertz CT molecular complexity index is 165. The first-order valence-electron chi connectivity index (χ1n) is 2.87. The number of nitrogens with two attached hydrogens (primary N) is 1. The number of hydrogen-bond acceptors (Lipinski definition) is 1. The Labute approximate surface area is 55.5 Å². The first-order chi connectivity index (χ1) is 4.18. The molecule has 2 N–H and O–H groups in total. The van der Waals surface area contributed by atoms with Crippen LogP contribution in [-0.4, -0.2) is 0 Å². The Hall–Kier alpha value is -0.980. The Morgan fingerprint density at radius 1 is 1.33 bits per heavy atom. The molecule has 0 atom stereocenters. The predicted molar refractivity (Wildman–Crippen MR) is 40.1 cm³/mol. The van der Waals surface area contributed by atoms with Gasteiger partial charge in [-0.1, -0.05) is 6.07 Å². The second-order valence-electron chi connectivity index (χ2n) is 2.25. The first kappa shape index (κ1) is 6.14. The van der Waals surface area contributed by atoms with Gasteiger partial charge in [-0.15, -0.1) is 0 Å². The second-order valence-corrected chi connectivity index (χ2v) is 2.25. The van der Waals surface area contributed by atoms with E-state index in [4.69, 9.17) is 5.73 Å². The monoisotopic (exact) mass is 120 g/mol. The zero-order valence-electron chi connectivity index (χ0n) is 5.52. The van der Waals surface area contributed by atoms with Gasteiger partial charge in [-0.2, -0.15) is 0 Å². The lowest BCUT2D eigenvalue weighted by Crippen LogP contribution is -1.86. The highest BCUT2D eigenvalue weighted by Crippen LogP contribution is 2.08. The van der Waals surface area contributed by atoms with E-state index in [0.29, 0.717) is 0 Å². The van der Waals surface area contributed by atoms with E-state index in [2.05, 4.69) is 6.92 Å². The summed E-state index contributed by atoms with van der Waals surface area (Å²) in [5, 5.41) is 0. The summed E-state index contributed by atoms with van der Waals surface area (Å²) in [4.78, 5) is 0. The summed E-state index contributed by atoms with van der Waals surface area (Å²) in [6.07, 6.45) is 0. The van der Waals surface area contributed by atoms with Crippen molar-refractivity contribution in [1.29, 1.82) is 0 Å². The molecule has 0 bridgehead atoms. The zero-order valence-corrected chi connectivity index (χ0v) is 5.52. The van der Waals surface area contributed by atoms with E-state index in [9.17, 15) is 0 Å². The number of rotatable bonds is 0. The molecule has 1 aromatic carbocycles. The van der Waals surface area contributed by atoms with Crippen LogP contribution in [0.1, 0.15) is 11.1 Å². The summed E-state index contributed by atoms with van der Waals surface area (Å²) < 4.78 is 0. The third kappa shape index (κ3) is 1.46. The van der Waals surface area contributed by atoms with Crippen molar-refractivity contribution < 1.29 is 0 Å². The van der Waals surface area contributed by atoms with Crippen molar-refractivity contribution in [1.82, 2.24) is 0 Å². The highest BCUT2D eigenvalue weighted by atomic mass is 14.5. The average Bonchev–Trinajstić information content (AvgIpc) is 1.59. The third-order valence-corrected chi connectivity index (χ3v) is 1.16. The Balaban J connectivity index is 3.17. The fraction of sp³-hybridized carbons (Fsp3) is 0.125. The minimum atomic E-state index is 0.792. The molecule has 47 valence electrons. The fourth-order valence-electron chi connectivity index (χ4n) is 0.894. The summed E-state index contributed by atoms with van der Waals surface area (Å²) >= 11 is 0. The highest BCUT2D eigenvalue weighted by Gasteiger charge is 1.88. The van der Waals surface area contributed by atoms with Crippen molar-refractivity contribution >= 4 is 5.69 Å². The molecule has 0 amide bonds. The standard InChI is InChI=1S/C8H10N/c1-6-3-7(2)5-8(9)4-6/h3-5H,1,9H2,2H3. The molecule has 1 aromatic rings. The van der Waals surface area contributed by atoms with Gasteiger partial charge in [0.05, 0.1) is 0 Å². The van der Waals surface area contributed by atoms with Gasteiger partial charge in [-0.25, -0.2) is 0 Å². The van der Waals surface area contributed by atoms with Crippen molar-refractivity contribution in [2.24, 2.45) is 0 Å². The number of benzene rings is 1. The normalized spacial score (nSPS) is 9.56. The lowest BCUT2D eigenvalue weighted by molar-refractivity contribution is 1.44. The summed E-state index contributed by atoms with van der Waals surface area (Å²) in [5.41, 5.74) is 8.46. The Kier molecular flexibility index (Phi) is 1.43. The number of aryl methyl sites for hydroxylation is 1. The maximum atomic E-state index is 5.52. The third-order valence-electron chi connectivity index (χ3n) is 1.16. The van der Waals surface area contributed by atoms with E-state index in [-0.39, 0.29) is 0 Å². The molecular weight excluding hydrogens is 110 g/mol. The summed E-state index contributed by atoms with van der Waals surface area (Å²) in [7, 11) is 0. The molecule has 0 heterocycles. The maximum Gasteiger partial charge on any atom is 0.0319 e. The molecule has 0 saturated carbocycles. The van der Waals surface area contributed by atoms with Gasteiger partial charge in [0.1, 0.15) is 0 Å². The van der Waals surface area contributed by atoms with Gasteiger partial charge >= 0.3 is 0 Å². The van der Waals surface area contributed by atoms with E-state index in [1.807, 2.05) is 25.1 Å². The highest BCUT2D eigenvalue weighted by molar-refractivity contribution is 5.44. The summed E-state index contributed by atoms with van der Waals surface area (Å²) in [6, 6.07) is 5.78. The molecule has 0 spiro atoms. The second kappa shape index (κ2) is 2.09. The molecule has 0 fully saturated rings. The smallest absolute Gasteiger partial charge is 0.0319 e. The largest absolute Gasteiger partial charge is 0.399 e. The van der Waals surface area contributed by atoms with Gasteiger partial charge in [-0.3, -0.25) is 0 Å². The molecule has 1 nitrogen and oxygen atoms in total. The van der Waals surface area contributed by atoms with Crippen LogP contribution in [0, 0.1) is 13.8 Å². The predicted octanol–water partition coefficient (Wildman–Crippen LogP) is 1.76. The minimum Gasteiger partial charge on any atom is -0.399 e. The molecule has 0 aliphatic heterocycles. The summed E-state index contributed by atoms with van der Waals surface area (Å²) in [5.74, 6) is 0. The van der Waals surface area contributed by atoms with Crippen molar-refractivity contribution in [2.75, 3.05) is 5.73 Å². The van der Waals surface area contributed by atoms with E-state index < -0.39 is 0 Å². The van der Waals surface area contributed by atoms with Crippen LogP contribution in [0.25, 0.3) is 0 Å². The van der Waals surface area contributed by atoms with Crippen LogP contribution in [0.5, 0.6) is 0 Å². The average molecular weight is 120 g/mol. The lowest BCUT2D eigenvalue weighted by Gasteiger charge is -1.96. The molecule has 0 aliphatic rings. The van der Waals surface area contributed by atoms with Gasteiger partial charge < -0.3 is 5.73 Å². The fourth-order valence-corrected chi connectivity index (χ4v) is 0.894. The number of hydrogen-bond donors (Lipinski definition) is 1. The van der Waals surface area contributed by atoms with Crippen molar-refractivity contribution in [3.05, 3.63) is 36.2 Å². The zero-order chi connectivity index (χ0) is 6.85. The van der Waals surface area contributed by atoms with Gasteiger partial charge in [0.25, 0.3) is 0 Å². The maximum absolute atomic E-state index is 5.52. The van der Waals surface area contributed by atoms with Crippen LogP contribution in [0.15, 0.2) is 18.2 Å². The minimum absolute atomic E-state index is 0.792. The van der Waals surface area contributed by atoms with Crippen molar-refractivity contribution in [2.45, 2.75) is 6.92 Å². The van der Waals surface area contributed by atoms with Crippen molar-refractivity contribution in [3.8, 4) is 0 Å². The molecular formula is C8H10N. The van der Waals surface area contributed by atoms with Crippen LogP contribution < -0.4 is 5.73 Å². The lowest BCUT2D eigenvalue weighted by atomic mass is 10.1. The van der Waals surface area contributed by atoms with Gasteiger partial charge in [0, 0.05) is 5.69 Å². The van der Waals surface area contributed by atoms with Crippen LogP contribution in [-0.2, 0) is 0 Å². The van der Waals surface area contributed by atoms with Gasteiger partial charge in [0.15, 0.2) is 0 Å². The Morgan fingerprint density at radius 2 is 2.00 bits per heavy atom. The van der Waals surface area contributed by atoms with E-state index >= 15 is 0 Å². The SMILES string of the molecule is [CH2]c1cc(C)cc(N)c1. The van der Waals surface area contributed by atoms with E-state index in [0.717, 1.165) is 11.3 Å². The molecule has 0 unspecified atom stereocenters. The molecule has 9 heavy (non-hydrogen) atoms. The van der Waals surface area contributed by atoms with Crippen molar-refractivity contribution in [3.63, 3.8) is 0 Å².